The smallest absolute Gasteiger partial charge is 0.332 e. The first-order valence-corrected chi connectivity index (χ1v) is 5.28. The van der Waals surface area contributed by atoms with Gasteiger partial charge in [0.15, 0.2) is 0 Å². The molecule has 1 aliphatic heterocycles. The first kappa shape index (κ1) is 12.4. The maximum Gasteiger partial charge on any atom is 0.332 e. The van der Waals surface area contributed by atoms with Crippen molar-refractivity contribution in [3.05, 3.63) is 0 Å². The number of carbonyl (C=O) groups excluding carboxylic acids is 1. The molecule has 88 valence electrons. The summed E-state index contributed by atoms with van der Waals surface area (Å²) < 4.78 is 15.5. The van der Waals surface area contributed by atoms with Gasteiger partial charge in [-0.25, -0.2) is 4.79 Å². The molecule has 1 fully saturated rings. The van der Waals surface area contributed by atoms with Crippen LogP contribution in [-0.2, 0) is 19.0 Å². The largest absolute Gasteiger partial charge is 0.461 e. The molecule has 0 radical (unpaired) electrons. The van der Waals surface area contributed by atoms with E-state index in [2.05, 4.69) is 5.32 Å². The van der Waals surface area contributed by atoms with Crippen LogP contribution in [0.25, 0.3) is 0 Å². The maximum absolute atomic E-state index is 11.1. The van der Waals surface area contributed by atoms with Crippen molar-refractivity contribution < 1.29 is 19.0 Å². The zero-order valence-corrected chi connectivity index (χ0v) is 9.32. The molecule has 0 bridgehead atoms. The van der Waals surface area contributed by atoms with Gasteiger partial charge < -0.3 is 19.5 Å². The summed E-state index contributed by atoms with van der Waals surface area (Å²) in [4.78, 5) is 11.1. The third-order valence-corrected chi connectivity index (χ3v) is 1.90. The molecule has 0 aromatic rings. The molecule has 1 saturated heterocycles. The predicted octanol–water partition coefficient (Wildman–Crippen LogP) is -0.0570. The van der Waals surface area contributed by atoms with Crippen molar-refractivity contribution in [2.24, 2.45) is 0 Å². The Kier molecular flexibility index (Phi) is 5.60. The number of ether oxygens (including phenoxy) is 3. The van der Waals surface area contributed by atoms with Crippen molar-refractivity contribution in [1.82, 2.24) is 5.32 Å². The van der Waals surface area contributed by atoms with E-state index in [0.717, 1.165) is 13.1 Å². The van der Waals surface area contributed by atoms with E-state index in [9.17, 15) is 4.79 Å². The predicted molar refractivity (Wildman–Crippen MR) is 54.7 cm³/mol. The van der Waals surface area contributed by atoms with Crippen molar-refractivity contribution in [1.29, 1.82) is 0 Å². The van der Waals surface area contributed by atoms with E-state index in [1.807, 2.05) is 13.8 Å². The number of esters is 1. The van der Waals surface area contributed by atoms with E-state index in [1.165, 1.54) is 0 Å². The van der Waals surface area contributed by atoms with Crippen LogP contribution in [0.1, 0.15) is 13.8 Å². The second kappa shape index (κ2) is 6.76. The highest BCUT2D eigenvalue weighted by molar-refractivity contribution is 5.70. The third kappa shape index (κ3) is 5.71. The molecule has 1 rings (SSSR count). The number of hydrogen-bond acceptors (Lipinski definition) is 5. The zero-order chi connectivity index (χ0) is 11.1. The summed E-state index contributed by atoms with van der Waals surface area (Å²) in [6, 6.07) is 0. The molecule has 1 atom stereocenters. The number of rotatable bonds is 5. The Labute approximate surface area is 90.1 Å². The van der Waals surface area contributed by atoms with E-state index < -0.39 is 0 Å². The summed E-state index contributed by atoms with van der Waals surface area (Å²) in [5.41, 5.74) is 0. The Morgan fingerprint density at radius 2 is 2.40 bits per heavy atom. The third-order valence-electron chi connectivity index (χ3n) is 1.90. The van der Waals surface area contributed by atoms with Gasteiger partial charge in [-0.15, -0.1) is 0 Å². The van der Waals surface area contributed by atoms with Gasteiger partial charge in [0.1, 0.15) is 6.61 Å². The standard InChI is InChI=1S/C10H19NO4/c1-8(2)15-10(12)7-13-6-9-5-11-3-4-14-9/h8-9,11H,3-7H2,1-2H3. The molecule has 0 aromatic carbocycles. The number of carbonyl (C=O) groups is 1. The average Bonchev–Trinajstić information content (AvgIpc) is 2.18. The molecule has 0 saturated carbocycles. The van der Waals surface area contributed by atoms with Gasteiger partial charge in [0, 0.05) is 13.1 Å². The van der Waals surface area contributed by atoms with Gasteiger partial charge >= 0.3 is 5.97 Å². The van der Waals surface area contributed by atoms with Gasteiger partial charge in [-0.3, -0.25) is 0 Å². The molecular weight excluding hydrogens is 198 g/mol. The van der Waals surface area contributed by atoms with Crippen LogP contribution in [0, 0.1) is 0 Å². The van der Waals surface area contributed by atoms with E-state index in [0.29, 0.717) is 13.2 Å². The molecule has 1 unspecified atom stereocenters. The summed E-state index contributed by atoms with van der Waals surface area (Å²) in [6.45, 7) is 6.41. The van der Waals surface area contributed by atoms with Crippen LogP contribution in [0.15, 0.2) is 0 Å². The minimum atomic E-state index is -0.325. The van der Waals surface area contributed by atoms with E-state index in [1.54, 1.807) is 0 Å². The molecule has 15 heavy (non-hydrogen) atoms. The van der Waals surface area contributed by atoms with Gasteiger partial charge in [-0.1, -0.05) is 0 Å². The lowest BCUT2D eigenvalue weighted by atomic mass is 10.3. The Bertz CT molecular complexity index is 190. The minimum absolute atomic E-state index is 0.00194. The second-order valence-corrected chi connectivity index (χ2v) is 3.75. The molecule has 1 N–H and O–H groups in total. The lowest BCUT2D eigenvalue weighted by Crippen LogP contribution is -2.41. The van der Waals surface area contributed by atoms with Gasteiger partial charge in [0.05, 0.1) is 25.4 Å². The molecule has 1 heterocycles. The fraction of sp³-hybridized carbons (Fsp3) is 0.900. The van der Waals surface area contributed by atoms with Gasteiger partial charge in [-0.2, -0.15) is 0 Å². The second-order valence-electron chi connectivity index (χ2n) is 3.75. The summed E-state index contributed by atoms with van der Waals surface area (Å²) >= 11 is 0. The lowest BCUT2D eigenvalue weighted by molar-refractivity contribution is -0.154. The normalized spacial score (nSPS) is 21.7. The number of hydrogen-bond donors (Lipinski definition) is 1. The lowest BCUT2D eigenvalue weighted by Gasteiger charge is -2.23. The first-order valence-electron chi connectivity index (χ1n) is 5.28. The van der Waals surface area contributed by atoms with Crippen LogP contribution in [0.5, 0.6) is 0 Å². The van der Waals surface area contributed by atoms with Gasteiger partial charge in [-0.05, 0) is 13.8 Å². The van der Waals surface area contributed by atoms with Crippen molar-refractivity contribution in [3.8, 4) is 0 Å². The van der Waals surface area contributed by atoms with E-state index in [4.69, 9.17) is 14.2 Å². The van der Waals surface area contributed by atoms with Crippen LogP contribution in [0.3, 0.4) is 0 Å². The number of nitrogens with one attached hydrogen (secondary N) is 1. The van der Waals surface area contributed by atoms with Gasteiger partial charge in [0.25, 0.3) is 0 Å². The number of morpholine rings is 1. The van der Waals surface area contributed by atoms with E-state index >= 15 is 0 Å². The average molecular weight is 217 g/mol. The molecule has 0 aliphatic carbocycles. The summed E-state index contributed by atoms with van der Waals surface area (Å²) in [5, 5.41) is 3.18. The Balaban J connectivity index is 2.02. The van der Waals surface area contributed by atoms with Crippen LogP contribution in [-0.4, -0.2) is 51.1 Å². The molecule has 0 aromatic heterocycles. The highest BCUT2D eigenvalue weighted by Crippen LogP contribution is 1.97. The monoisotopic (exact) mass is 217 g/mol. The van der Waals surface area contributed by atoms with Crippen molar-refractivity contribution >= 4 is 5.97 Å². The quantitative estimate of drug-likeness (QED) is 0.654. The van der Waals surface area contributed by atoms with Crippen molar-refractivity contribution in [3.63, 3.8) is 0 Å². The summed E-state index contributed by atoms with van der Waals surface area (Å²) in [6.07, 6.45) is -0.0423. The molecule has 5 heteroatoms. The maximum atomic E-state index is 11.1. The van der Waals surface area contributed by atoms with Crippen LogP contribution >= 0.6 is 0 Å². The molecule has 0 amide bonds. The Hall–Kier alpha value is -0.650. The topological polar surface area (TPSA) is 56.8 Å². The zero-order valence-electron chi connectivity index (χ0n) is 9.32. The summed E-state index contributed by atoms with van der Waals surface area (Å²) in [7, 11) is 0. The van der Waals surface area contributed by atoms with Crippen LogP contribution in [0.4, 0.5) is 0 Å². The molecule has 1 aliphatic rings. The molecule has 5 nitrogen and oxygen atoms in total. The minimum Gasteiger partial charge on any atom is -0.461 e. The van der Waals surface area contributed by atoms with Gasteiger partial charge in [0.2, 0.25) is 0 Å². The molecular formula is C10H19NO4. The molecule has 0 spiro atoms. The highest BCUT2D eigenvalue weighted by atomic mass is 16.6. The Morgan fingerprint density at radius 1 is 1.60 bits per heavy atom. The van der Waals surface area contributed by atoms with Crippen molar-refractivity contribution in [2.45, 2.75) is 26.1 Å². The van der Waals surface area contributed by atoms with Crippen LogP contribution < -0.4 is 5.32 Å². The van der Waals surface area contributed by atoms with E-state index in [-0.39, 0.29) is 24.8 Å². The Morgan fingerprint density at radius 3 is 3.00 bits per heavy atom. The fourth-order valence-electron chi connectivity index (χ4n) is 1.30. The van der Waals surface area contributed by atoms with Crippen molar-refractivity contribution in [2.75, 3.05) is 32.9 Å². The fourth-order valence-corrected chi connectivity index (χ4v) is 1.30. The summed E-state index contributed by atoms with van der Waals surface area (Å²) in [5.74, 6) is -0.325. The van der Waals surface area contributed by atoms with Crippen LogP contribution in [0.2, 0.25) is 0 Å². The SMILES string of the molecule is CC(C)OC(=O)COCC1CNCCO1. The first-order chi connectivity index (χ1) is 7.18. The highest BCUT2D eigenvalue weighted by Gasteiger charge is 2.14.